The molecule has 0 saturated carbocycles. The van der Waals surface area contributed by atoms with Gasteiger partial charge >= 0.3 is 0 Å². The van der Waals surface area contributed by atoms with Crippen LogP contribution in [-0.4, -0.2) is 11.0 Å². The van der Waals surface area contributed by atoms with Crippen molar-refractivity contribution in [3.05, 3.63) is 58.7 Å². The molecule has 2 aromatic rings. The van der Waals surface area contributed by atoms with Crippen LogP contribution < -0.4 is 11.5 Å². The molecule has 3 nitrogen and oxygen atoms in total. The summed E-state index contributed by atoms with van der Waals surface area (Å²) in [6, 6.07) is 11.6. The van der Waals surface area contributed by atoms with E-state index in [0.29, 0.717) is 5.82 Å². The van der Waals surface area contributed by atoms with Gasteiger partial charge in [0.1, 0.15) is 5.82 Å². The van der Waals surface area contributed by atoms with Crippen LogP contribution in [0.3, 0.4) is 0 Å². The Kier molecular flexibility index (Phi) is 4.18. The second-order valence-corrected chi connectivity index (χ2v) is 4.82. The monoisotopic (exact) mass is 261 g/mol. The second-order valence-electron chi connectivity index (χ2n) is 4.39. The molecule has 1 aromatic heterocycles. The van der Waals surface area contributed by atoms with E-state index in [1.165, 1.54) is 0 Å². The predicted octanol–water partition coefficient (Wildman–Crippen LogP) is 2.43. The first-order chi connectivity index (χ1) is 8.63. The van der Waals surface area contributed by atoms with Crippen molar-refractivity contribution in [2.75, 3.05) is 5.73 Å². The fourth-order valence-corrected chi connectivity index (χ4v) is 2.18. The molecular weight excluding hydrogens is 246 g/mol. The van der Waals surface area contributed by atoms with Gasteiger partial charge in [0.25, 0.3) is 0 Å². The first-order valence-corrected chi connectivity index (χ1v) is 6.22. The SMILES string of the molecule is Nc1cc(CC(N)Cc2cccc(Cl)c2)ccn1. The molecule has 1 unspecified atom stereocenters. The van der Waals surface area contributed by atoms with E-state index >= 15 is 0 Å². The lowest BCUT2D eigenvalue weighted by Crippen LogP contribution is -2.25. The van der Waals surface area contributed by atoms with E-state index in [9.17, 15) is 0 Å². The molecule has 0 radical (unpaired) electrons. The molecule has 1 atom stereocenters. The summed E-state index contributed by atoms with van der Waals surface area (Å²) in [5.74, 6) is 0.530. The Morgan fingerprint density at radius 3 is 2.50 bits per heavy atom. The number of anilines is 1. The van der Waals surface area contributed by atoms with Gasteiger partial charge in [0, 0.05) is 17.3 Å². The molecule has 0 spiro atoms. The molecule has 0 bridgehead atoms. The van der Waals surface area contributed by atoms with Crippen molar-refractivity contribution in [2.24, 2.45) is 5.73 Å². The Hall–Kier alpha value is -1.58. The number of nitrogens with two attached hydrogens (primary N) is 2. The smallest absolute Gasteiger partial charge is 0.123 e. The lowest BCUT2D eigenvalue weighted by Gasteiger charge is -2.12. The normalized spacial score (nSPS) is 12.3. The third-order valence-corrected chi connectivity index (χ3v) is 2.97. The average molecular weight is 262 g/mol. The number of nitrogens with zero attached hydrogens (tertiary/aromatic N) is 1. The number of rotatable bonds is 4. The Morgan fingerprint density at radius 1 is 1.11 bits per heavy atom. The van der Waals surface area contributed by atoms with Gasteiger partial charge in [-0.25, -0.2) is 4.98 Å². The van der Waals surface area contributed by atoms with E-state index in [0.717, 1.165) is 29.0 Å². The van der Waals surface area contributed by atoms with Crippen LogP contribution in [0.25, 0.3) is 0 Å². The van der Waals surface area contributed by atoms with Crippen LogP contribution in [0.5, 0.6) is 0 Å². The van der Waals surface area contributed by atoms with Crippen molar-refractivity contribution in [2.45, 2.75) is 18.9 Å². The van der Waals surface area contributed by atoms with Crippen LogP contribution in [0, 0.1) is 0 Å². The zero-order chi connectivity index (χ0) is 13.0. The average Bonchev–Trinajstić information content (AvgIpc) is 2.28. The van der Waals surface area contributed by atoms with Gasteiger partial charge in [-0.2, -0.15) is 0 Å². The number of hydrogen-bond acceptors (Lipinski definition) is 3. The van der Waals surface area contributed by atoms with Crippen LogP contribution in [0.1, 0.15) is 11.1 Å². The van der Waals surface area contributed by atoms with Crippen molar-refractivity contribution in [3.8, 4) is 0 Å². The molecule has 1 aromatic carbocycles. The Balaban J connectivity index is 1.98. The highest BCUT2D eigenvalue weighted by molar-refractivity contribution is 6.30. The second kappa shape index (κ2) is 5.85. The number of benzene rings is 1. The first-order valence-electron chi connectivity index (χ1n) is 5.84. The van der Waals surface area contributed by atoms with E-state index in [1.54, 1.807) is 6.20 Å². The summed E-state index contributed by atoms with van der Waals surface area (Å²) in [6.07, 6.45) is 3.28. The van der Waals surface area contributed by atoms with E-state index < -0.39 is 0 Å². The van der Waals surface area contributed by atoms with Gasteiger partial charge in [0.05, 0.1) is 0 Å². The molecule has 2 rings (SSSR count). The van der Waals surface area contributed by atoms with E-state index in [-0.39, 0.29) is 6.04 Å². The molecule has 18 heavy (non-hydrogen) atoms. The summed E-state index contributed by atoms with van der Waals surface area (Å²) < 4.78 is 0. The van der Waals surface area contributed by atoms with Gasteiger partial charge in [-0.3, -0.25) is 0 Å². The fourth-order valence-electron chi connectivity index (χ4n) is 1.96. The minimum Gasteiger partial charge on any atom is -0.384 e. The van der Waals surface area contributed by atoms with Gasteiger partial charge < -0.3 is 11.5 Å². The standard InChI is InChI=1S/C14H16ClN3/c15-12-3-1-2-10(6-12)7-13(16)8-11-4-5-18-14(17)9-11/h1-6,9,13H,7-8,16H2,(H2,17,18). The highest BCUT2D eigenvalue weighted by atomic mass is 35.5. The zero-order valence-electron chi connectivity index (χ0n) is 10.0. The van der Waals surface area contributed by atoms with Gasteiger partial charge in [-0.1, -0.05) is 23.7 Å². The van der Waals surface area contributed by atoms with Gasteiger partial charge in [-0.15, -0.1) is 0 Å². The minimum absolute atomic E-state index is 0.0465. The van der Waals surface area contributed by atoms with Crippen LogP contribution in [0.15, 0.2) is 42.6 Å². The third-order valence-electron chi connectivity index (χ3n) is 2.73. The Bertz CT molecular complexity index is 480. The highest BCUT2D eigenvalue weighted by Gasteiger charge is 2.06. The number of halogens is 1. The maximum Gasteiger partial charge on any atom is 0.123 e. The largest absolute Gasteiger partial charge is 0.384 e. The van der Waals surface area contributed by atoms with Crippen molar-refractivity contribution < 1.29 is 0 Å². The summed E-state index contributed by atoms with van der Waals surface area (Å²) in [4.78, 5) is 3.96. The molecular formula is C14H16ClN3. The van der Waals surface area contributed by atoms with Gasteiger partial charge in [0.15, 0.2) is 0 Å². The molecule has 0 fully saturated rings. The summed E-state index contributed by atoms with van der Waals surface area (Å²) in [7, 11) is 0. The molecule has 4 N–H and O–H groups in total. The summed E-state index contributed by atoms with van der Waals surface area (Å²) in [5.41, 5.74) is 14.0. The molecule has 4 heteroatoms. The quantitative estimate of drug-likeness (QED) is 0.888. The van der Waals surface area contributed by atoms with Crippen molar-refractivity contribution in [1.82, 2.24) is 4.98 Å². The molecule has 1 heterocycles. The van der Waals surface area contributed by atoms with Crippen molar-refractivity contribution in [1.29, 1.82) is 0 Å². The first kappa shape index (κ1) is 12.9. The number of aromatic nitrogens is 1. The lowest BCUT2D eigenvalue weighted by atomic mass is 10.0. The number of pyridine rings is 1. The topological polar surface area (TPSA) is 64.9 Å². The van der Waals surface area contributed by atoms with Gasteiger partial charge in [0.2, 0.25) is 0 Å². The Morgan fingerprint density at radius 2 is 1.83 bits per heavy atom. The van der Waals surface area contributed by atoms with Crippen LogP contribution in [0.2, 0.25) is 5.02 Å². The highest BCUT2D eigenvalue weighted by Crippen LogP contribution is 2.13. The summed E-state index contributed by atoms with van der Waals surface area (Å²) >= 11 is 5.94. The fraction of sp³-hybridized carbons (Fsp3) is 0.214. The van der Waals surface area contributed by atoms with Crippen LogP contribution >= 0.6 is 11.6 Å². The maximum atomic E-state index is 6.13. The summed E-state index contributed by atoms with van der Waals surface area (Å²) in [5, 5.41) is 0.743. The molecule has 0 saturated heterocycles. The number of hydrogen-bond donors (Lipinski definition) is 2. The Labute approximate surface area is 112 Å². The predicted molar refractivity (Wildman–Crippen MR) is 75.5 cm³/mol. The molecule has 94 valence electrons. The van der Waals surface area contributed by atoms with Crippen LogP contribution in [-0.2, 0) is 12.8 Å². The molecule has 0 amide bonds. The maximum absolute atomic E-state index is 6.13. The molecule has 0 aliphatic rings. The summed E-state index contributed by atoms with van der Waals surface area (Å²) in [6.45, 7) is 0. The zero-order valence-corrected chi connectivity index (χ0v) is 10.8. The van der Waals surface area contributed by atoms with E-state index in [2.05, 4.69) is 4.98 Å². The molecule has 0 aliphatic heterocycles. The van der Waals surface area contributed by atoms with Crippen LogP contribution in [0.4, 0.5) is 5.82 Å². The van der Waals surface area contributed by atoms with E-state index in [4.69, 9.17) is 23.1 Å². The minimum atomic E-state index is 0.0465. The van der Waals surface area contributed by atoms with Crippen molar-refractivity contribution >= 4 is 17.4 Å². The lowest BCUT2D eigenvalue weighted by molar-refractivity contribution is 0.664. The molecule has 0 aliphatic carbocycles. The third kappa shape index (κ3) is 3.72. The van der Waals surface area contributed by atoms with Crippen molar-refractivity contribution in [3.63, 3.8) is 0 Å². The number of nitrogen functional groups attached to an aromatic ring is 1. The van der Waals surface area contributed by atoms with E-state index in [1.807, 2.05) is 36.4 Å². The van der Waals surface area contributed by atoms with Gasteiger partial charge in [-0.05, 0) is 48.2 Å².